The lowest BCUT2D eigenvalue weighted by Crippen LogP contribution is -2.42. The van der Waals surface area contributed by atoms with Crippen LogP contribution in [0.3, 0.4) is 0 Å². The summed E-state index contributed by atoms with van der Waals surface area (Å²) in [5, 5.41) is 3.15. The zero-order chi connectivity index (χ0) is 20.9. The van der Waals surface area contributed by atoms with Crippen LogP contribution >= 0.6 is 0 Å². The first kappa shape index (κ1) is 21.3. The molecule has 1 aliphatic rings. The number of hydrogen-bond donors (Lipinski definition) is 1. The Bertz CT molecular complexity index is 809. The van der Waals surface area contributed by atoms with Crippen LogP contribution in [0.1, 0.15) is 51.4 Å². The number of nitrogens with zero attached hydrogens (tertiary/aromatic N) is 2. The second-order valence-electron chi connectivity index (χ2n) is 8.82. The molecule has 2 aromatic rings. The second-order valence-corrected chi connectivity index (χ2v) is 8.82. The second kappa shape index (κ2) is 9.40. The molecule has 2 unspecified atom stereocenters. The zero-order valence-electron chi connectivity index (χ0n) is 18.0. The Morgan fingerprint density at radius 3 is 2.79 bits per heavy atom. The van der Waals surface area contributed by atoms with Crippen molar-refractivity contribution in [3.8, 4) is 5.75 Å². The molecule has 156 valence electrons. The van der Waals surface area contributed by atoms with Crippen molar-refractivity contribution in [2.45, 2.75) is 46.7 Å². The molecule has 2 atom stereocenters. The van der Waals surface area contributed by atoms with Gasteiger partial charge in [-0.05, 0) is 62.6 Å². The van der Waals surface area contributed by atoms with Crippen LogP contribution in [0.5, 0.6) is 5.75 Å². The Kier molecular flexibility index (Phi) is 6.91. The number of amides is 1. The minimum absolute atomic E-state index is 0.0932. The molecule has 29 heavy (non-hydrogen) atoms. The third-order valence-corrected chi connectivity index (χ3v) is 5.47. The molecule has 1 aliphatic heterocycles. The van der Waals surface area contributed by atoms with E-state index in [4.69, 9.17) is 4.74 Å². The summed E-state index contributed by atoms with van der Waals surface area (Å²) < 4.78 is 5.85. The van der Waals surface area contributed by atoms with Gasteiger partial charge in [-0.1, -0.05) is 32.0 Å². The van der Waals surface area contributed by atoms with E-state index < -0.39 is 0 Å². The van der Waals surface area contributed by atoms with Gasteiger partial charge in [0.2, 0.25) is 5.91 Å². The average molecular weight is 396 g/mol. The predicted molar refractivity (Wildman–Crippen MR) is 116 cm³/mol. The first-order chi connectivity index (χ1) is 13.9. The predicted octanol–water partition coefficient (Wildman–Crippen LogP) is 4.21. The molecule has 0 aliphatic carbocycles. The van der Waals surface area contributed by atoms with E-state index in [2.05, 4.69) is 48.1 Å². The molecule has 1 aromatic heterocycles. The number of carbonyl (C=O) groups is 1. The fourth-order valence-corrected chi connectivity index (χ4v) is 3.71. The highest BCUT2D eigenvalue weighted by molar-refractivity contribution is 5.83. The number of nitrogens with one attached hydrogen (secondary N) is 1. The molecular formula is C24H33N3O2. The van der Waals surface area contributed by atoms with Crippen LogP contribution in [0.25, 0.3) is 0 Å². The summed E-state index contributed by atoms with van der Waals surface area (Å²) in [6.07, 6.45) is 2.62. The van der Waals surface area contributed by atoms with Crippen LogP contribution in [0.4, 0.5) is 0 Å². The van der Waals surface area contributed by atoms with Gasteiger partial charge in [-0.15, -0.1) is 0 Å². The average Bonchev–Trinajstić information content (AvgIpc) is 3.09. The van der Waals surface area contributed by atoms with Crippen molar-refractivity contribution in [3.05, 3.63) is 59.9 Å². The summed E-state index contributed by atoms with van der Waals surface area (Å²) >= 11 is 0. The molecule has 0 radical (unpaired) electrons. The number of rotatable bonds is 8. The molecule has 2 heterocycles. The molecule has 1 aromatic carbocycles. The minimum Gasteiger partial charge on any atom is -0.493 e. The van der Waals surface area contributed by atoms with Gasteiger partial charge in [0, 0.05) is 19.3 Å². The fourth-order valence-electron chi connectivity index (χ4n) is 3.71. The molecule has 1 saturated heterocycles. The number of benzene rings is 1. The van der Waals surface area contributed by atoms with E-state index in [1.54, 1.807) is 6.20 Å². The Balaban J connectivity index is 1.56. The maximum Gasteiger partial charge on any atom is 0.227 e. The van der Waals surface area contributed by atoms with E-state index in [0.717, 1.165) is 44.1 Å². The van der Waals surface area contributed by atoms with E-state index in [9.17, 15) is 4.79 Å². The molecule has 0 spiro atoms. The van der Waals surface area contributed by atoms with E-state index >= 15 is 0 Å². The zero-order valence-corrected chi connectivity index (χ0v) is 18.0. The number of likely N-dealkylation sites (tertiary alicyclic amines) is 1. The van der Waals surface area contributed by atoms with Gasteiger partial charge in [0.1, 0.15) is 5.75 Å². The quantitative estimate of drug-likeness (QED) is 0.728. The maximum atomic E-state index is 13.0. The summed E-state index contributed by atoms with van der Waals surface area (Å²) in [7, 11) is 0. The minimum atomic E-state index is -0.380. The van der Waals surface area contributed by atoms with Crippen LogP contribution < -0.4 is 10.1 Å². The van der Waals surface area contributed by atoms with Crippen molar-refractivity contribution in [2.75, 3.05) is 19.7 Å². The first-order valence-electron chi connectivity index (χ1n) is 10.5. The molecule has 0 saturated carbocycles. The van der Waals surface area contributed by atoms with Crippen molar-refractivity contribution in [1.82, 2.24) is 15.2 Å². The van der Waals surface area contributed by atoms with Crippen molar-refractivity contribution >= 4 is 5.91 Å². The smallest absolute Gasteiger partial charge is 0.227 e. The lowest BCUT2D eigenvalue weighted by Gasteiger charge is -2.26. The van der Waals surface area contributed by atoms with Gasteiger partial charge < -0.3 is 10.1 Å². The highest BCUT2D eigenvalue weighted by Gasteiger charge is 2.40. The van der Waals surface area contributed by atoms with E-state index in [1.807, 2.05) is 37.3 Å². The fraction of sp³-hybridized carbons (Fsp3) is 0.500. The van der Waals surface area contributed by atoms with Crippen LogP contribution in [0.2, 0.25) is 0 Å². The van der Waals surface area contributed by atoms with Crippen molar-refractivity contribution in [1.29, 1.82) is 0 Å². The molecule has 1 fully saturated rings. The summed E-state index contributed by atoms with van der Waals surface area (Å²) in [5.41, 5.74) is 1.73. The molecule has 3 rings (SSSR count). The van der Waals surface area contributed by atoms with Gasteiger partial charge in [-0.3, -0.25) is 14.7 Å². The van der Waals surface area contributed by atoms with E-state index in [0.29, 0.717) is 5.92 Å². The van der Waals surface area contributed by atoms with Crippen LogP contribution in [0.15, 0.2) is 48.7 Å². The highest BCUT2D eigenvalue weighted by Crippen LogP contribution is 2.32. The van der Waals surface area contributed by atoms with Gasteiger partial charge >= 0.3 is 0 Å². The molecule has 0 bridgehead atoms. The van der Waals surface area contributed by atoms with Crippen molar-refractivity contribution in [3.63, 3.8) is 0 Å². The van der Waals surface area contributed by atoms with Crippen molar-refractivity contribution < 1.29 is 9.53 Å². The van der Waals surface area contributed by atoms with Gasteiger partial charge in [-0.2, -0.15) is 0 Å². The molecule has 1 amide bonds. The summed E-state index contributed by atoms with van der Waals surface area (Å²) in [6, 6.07) is 14.0. The Labute approximate surface area is 174 Å². The monoisotopic (exact) mass is 395 g/mol. The molecule has 5 nitrogen and oxygen atoms in total. The third kappa shape index (κ3) is 5.80. The third-order valence-electron chi connectivity index (χ3n) is 5.47. The van der Waals surface area contributed by atoms with Gasteiger partial charge in [0.05, 0.1) is 23.8 Å². The Morgan fingerprint density at radius 2 is 2.07 bits per heavy atom. The number of aromatic nitrogens is 1. The Hall–Kier alpha value is -2.40. The lowest BCUT2D eigenvalue weighted by molar-refractivity contribution is -0.130. The Morgan fingerprint density at radius 1 is 1.24 bits per heavy atom. The highest BCUT2D eigenvalue weighted by atomic mass is 16.5. The molecular weight excluding hydrogens is 362 g/mol. The van der Waals surface area contributed by atoms with Crippen LogP contribution in [-0.2, 0) is 11.3 Å². The summed E-state index contributed by atoms with van der Waals surface area (Å²) in [6.45, 7) is 11.6. The summed E-state index contributed by atoms with van der Waals surface area (Å²) in [5.74, 6) is 1.53. The van der Waals surface area contributed by atoms with Crippen LogP contribution in [-0.4, -0.2) is 35.5 Å². The van der Waals surface area contributed by atoms with Crippen molar-refractivity contribution in [2.24, 2.45) is 11.3 Å². The SMILES string of the molecule is CC(C)COc1cccc(CN2CCC(C)(C(=O)NC(C)c3ccccn3)C2)c1. The first-order valence-corrected chi connectivity index (χ1v) is 10.5. The summed E-state index contributed by atoms with van der Waals surface area (Å²) in [4.78, 5) is 19.7. The molecule has 1 N–H and O–H groups in total. The number of carbonyl (C=O) groups excluding carboxylic acids is 1. The van der Waals surface area contributed by atoms with Crippen LogP contribution in [0, 0.1) is 11.3 Å². The lowest BCUT2D eigenvalue weighted by atomic mass is 9.88. The topological polar surface area (TPSA) is 54.5 Å². The van der Waals surface area contributed by atoms with Gasteiger partial charge in [0.15, 0.2) is 0 Å². The molecule has 5 heteroatoms. The largest absolute Gasteiger partial charge is 0.493 e. The van der Waals surface area contributed by atoms with Gasteiger partial charge in [-0.25, -0.2) is 0 Å². The number of pyridine rings is 1. The maximum absolute atomic E-state index is 13.0. The standard InChI is InChI=1S/C24H33N3O2/c1-18(2)16-29-21-9-7-8-20(14-21)15-27-13-11-24(4,17-27)23(28)26-19(3)22-10-5-6-12-25-22/h5-10,12,14,18-19H,11,13,15-17H2,1-4H3,(H,26,28). The van der Waals surface area contributed by atoms with E-state index in [1.165, 1.54) is 5.56 Å². The number of hydrogen-bond acceptors (Lipinski definition) is 4. The van der Waals surface area contributed by atoms with Gasteiger partial charge in [0.25, 0.3) is 0 Å². The number of ether oxygens (including phenoxy) is 1. The van der Waals surface area contributed by atoms with E-state index in [-0.39, 0.29) is 17.4 Å². The normalized spacial score (nSPS) is 20.6.